The molecule has 0 aromatic heterocycles. The summed E-state index contributed by atoms with van der Waals surface area (Å²) in [6.45, 7) is 1.53. The van der Waals surface area contributed by atoms with E-state index in [1.165, 1.54) is 7.11 Å². The zero-order chi connectivity index (χ0) is 38.3. The number of nitrogens with zero attached hydrogens (tertiary/aromatic N) is 6. The second-order valence-electron chi connectivity index (χ2n) is 12.3. The van der Waals surface area contributed by atoms with Crippen LogP contribution in [0, 0.1) is 0 Å². The molecule has 2 aliphatic rings. The molecule has 2 fully saturated rings. The first-order valence-corrected chi connectivity index (χ1v) is 17.1. The first-order chi connectivity index (χ1) is 26.4. The molecule has 0 bridgehead atoms. The molecule has 2 heterocycles. The summed E-state index contributed by atoms with van der Waals surface area (Å²) in [6.07, 6.45) is -9.73. The van der Waals surface area contributed by atoms with Gasteiger partial charge in [0.2, 0.25) is 0 Å². The molecule has 0 saturated carbocycles. The van der Waals surface area contributed by atoms with Crippen molar-refractivity contribution < 1.29 is 52.2 Å². The van der Waals surface area contributed by atoms with E-state index in [1.807, 2.05) is 91.0 Å². The molecule has 3 aromatic rings. The Labute approximate surface area is 311 Å². The lowest BCUT2D eigenvalue weighted by molar-refractivity contribution is -0.349. The third-order valence-electron chi connectivity index (χ3n) is 8.73. The van der Waals surface area contributed by atoms with Gasteiger partial charge in [0, 0.05) is 23.9 Å². The maximum atomic E-state index is 13.1. The van der Waals surface area contributed by atoms with E-state index in [-0.39, 0.29) is 26.4 Å². The highest BCUT2D eigenvalue weighted by atomic mass is 16.8. The summed E-state index contributed by atoms with van der Waals surface area (Å²) >= 11 is 0. The van der Waals surface area contributed by atoms with Gasteiger partial charge in [-0.05, 0) is 27.8 Å². The van der Waals surface area contributed by atoms with Gasteiger partial charge in [0.15, 0.2) is 18.7 Å². The van der Waals surface area contributed by atoms with E-state index >= 15 is 0 Å². The number of azide groups is 2. The second-order valence-corrected chi connectivity index (χ2v) is 12.3. The molecule has 0 spiro atoms. The summed E-state index contributed by atoms with van der Waals surface area (Å²) in [5.74, 6) is -1.78. The van der Waals surface area contributed by atoms with Crippen LogP contribution >= 0.6 is 0 Å². The predicted octanol–water partition coefficient (Wildman–Crippen LogP) is 5.32. The first-order valence-electron chi connectivity index (χ1n) is 17.1. The van der Waals surface area contributed by atoms with Crippen LogP contribution in [-0.2, 0) is 72.0 Å². The SMILES string of the molecule is COC(=O)[C@H]1O[C@@H](O[C@H]2[C@H](OCc3ccccc3)[C@@H](OCc3ccccc3)[C@@H](OC)O[C@@H]2COCc2ccccc2)[C@@H](N=[N+]=[N-])[C@@H](N=[N+]=[N-])[C@@H]1OC(C)=O. The Hall–Kier alpha value is -5.06. The van der Waals surface area contributed by atoms with E-state index < -0.39 is 73.2 Å². The van der Waals surface area contributed by atoms with E-state index in [9.17, 15) is 20.7 Å². The number of methoxy groups -OCH3 is 2. The van der Waals surface area contributed by atoms with Crippen LogP contribution in [-0.4, -0.2) is 94.1 Å². The molecule has 10 atom stereocenters. The smallest absolute Gasteiger partial charge is 0.339 e. The minimum absolute atomic E-state index is 0.0504. The van der Waals surface area contributed by atoms with E-state index in [1.54, 1.807) is 0 Å². The lowest BCUT2D eigenvalue weighted by Crippen LogP contribution is -2.65. The standard InChI is InChI=1S/C37H42N6O11/c1-23(44)51-31-28(40-42-38)29(41-43-39)36(54-33(31)35(45)46-2)53-30-27(22-48-19-24-13-7-4-8-14-24)52-37(47-3)34(50-21-26-17-11-6-12-18-26)32(30)49-20-25-15-9-5-10-16-25/h4-18,27-34,36-37H,19-22H2,1-3H3/t27-,28-,29+,30-,31+,32+,33+,34-,36-,37+/m1/s1. The minimum Gasteiger partial charge on any atom is -0.467 e. The molecule has 2 saturated heterocycles. The molecule has 54 heavy (non-hydrogen) atoms. The van der Waals surface area contributed by atoms with E-state index in [0.717, 1.165) is 30.7 Å². The first kappa shape index (κ1) is 40.1. The second kappa shape index (κ2) is 20.4. The van der Waals surface area contributed by atoms with Crippen molar-refractivity contribution in [3.8, 4) is 0 Å². The summed E-state index contributed by atoms with van der Waals surface area (Å²) < 4.78 is 54.6. The van der Waals surface area contributed by atoms with Crippen LogP contribution in [0.25, 0.3) is 20.9 Å². The number of carbonyl (C=O) groups excluding carboxylic acids is 2. The average Bonchev–Trinajstić information content (AvgIpc) is 3.19. The van der Waals surface area contributed by atoms with Crippen LogP contribution in [0.5, 0.6) is 0 Å². The minimum atomic E-state index is -1.65. The number of benzene rings is 3. The van der Waals surface area contributed by atoms with Gasteiger partial charge < -0.3 is 42.6 Å². The summed E-state index contributed by atoms with van der Waals surface area (Å²) in [4.78, 5) is 31.0. The average molecular weight is 747 g/mol. The van der Waals surface area contributed by atoms with Crippen molar-refractivity contribution in [3.05, 3.63) is 129 Å². The Kier molecular flexibility index (Phi) is 15.2. The fourth-order valence-corrected chi connectivity index (χ4v) is 6.24. The number of ether oxygens (including phenoxy) is 9. The Morgan fingerprint density at radius 3 is 1.74 bits per heavy atom. The van der Waals surface area contributed by atoms with E-state index in [2.05, 4.69) is 20.1 Å². The Bertz CT molecular complexity index is 1730. The molecule has 17 heteroatoms. The lowest BCUT2D eigenvalue weighted by Gasteiger charge is -2.48. The van der Waals surface area contributed by atoms with Crippen molar-refractivity contribution in [3.63, 3.8) is 0 Å². The Balaban J connectivity index is 1.55. The maximum absolute atomic E-state index is 13.1. The predicted molar refractivity (Wildman–Crippen MR) is 189 cm³/mol. The molecule has 3 aromatic carbocycles. The fraction of sp³-hybridized carbons (Fsp3) is 0.459. The number of hydrogen-bond acceptors (Lipinski definition) is 13. The van der Waals surface area contributed by atoms with Gasteiger partial charge >= 0.3 is 11.9 Å². The molecule has 0 unspecified atom stereocenters. The third kappa shape index (κ3) is 10.5. The molecule has 0 aliphatic carbocycles. The van der Waals surface area contributed by atoms with E-state index in [0.29, 0.717) is 0 Å². The third-order valence-corrected chi connectivity index (χ3v) is 8.73. The van der Waals surface area contributed by atoms with Crippen LogP contribution in [0.1, 0.15) is 23.6 Å². The zero-order valence-electron chi connectivity index (χ0n) is 29.9. The number of hydrogen-bond donors (Lipinski definition) is 0. The van der Waals surface area contributed by atoms with Crippen molar-refractivity contribution in [1.29, 1.82) is 0 Å². The van der Waals surface area contributed by atoms with Crippen molar-refractivity contribution in [2.75, 3.05) is 20.8 Å². The lowest BCUT2D eigenvalue weighted by atomic mass is 9.93. The van der Waals surface area contributed by atoms with Crippen LogP contribution in [0.15, 0.2) is 101 Å². The quantitative estimate of drug-likeness (QED) is 0.0746. The summed E-state index contributed by atoms with van der Waals surface area (Å²) in [7, 11) is 2.58. The zero-order valence-corrected chi connectivity index (χ0v) is 29.9. The highest BCUT2D eigenvalue weighted by Crippen LogP contribution is 2.36. The van der Waals surface area contributed by atoms with Gasteiger partial charge in [-0.25, -0.2) is 4.79 Å². The van der Waals surface area contributed by atoms with E-state index in [4.69, 9.17) is 42.6 Å². The number of esters is 2. The van der Waals surface area contributed by atoms with Crippen molar-refractivity contribution in [2.24, 2.45) is 10.2 Å². The van der Waals surface area contributed by atoms with Crippen LogP contribution in [0.4, 0.5) is 0 Å². The molecule has 2 aliphatic heterocycles. The molecule has 0 radical (unpaired) electrons. The van der Waals surface area contributed by atoms with Crippen LogP contribution in [0.2, 0.25) is 0 Å². The van der Waals surface area contributed by atoms with Gasteiger partial charge in [-0.2, -0.15) is 0 Å². The van der Waals surface area contributed by atoms with Gasteiger partial charge in [0.25, 0.3) is 0 Å². The maximum Gasteiger partial charge on any atom is 0.339 e. The highest BCUT2D eigenvalue weighted by molar-refractivity contribution is 5.76. The van der Waals surface area contributed by atoms with Gasteiger partial charge in [-0.15, -0.1) is 0 Å². The normalized spacial score (nSPS) is 27.8. The van der Waals surface area contributed by atoms with Crippen molar-refractivity contribution in [2.45, 2.75) is 88.0 Å². The summed E-state index contributed by atoms with van der Waals surface area (Å²) in [5.41, 5.74) is 21.8. The van der Waals surface area contributed by atoms with Gasteiger partial charge in [0.05, 0.1) is 39.6 Å². The monoisotopic (exact) mass is 746 g/mol. The Morgan fingerprint density at radius 1 is 0.685 bits per heavy atom. The van der Waals surface area contributed by atoms with Gasteiger partial charge in [0.1, 0.15) is 36.6 Å². The molecular weight excluding hydrogens is 704 g/mol. The summed E-state index contributed by atoms with van der Waals surface area (Å²) in [5, 5.41) is 7.60. The van der Waals surface area contributed by atoms with Crippen LogP contribution in [0.3, 0.4) is 0 Å². The van der Waals surface area contributed by atoms with Crippen molar-refractivity contribution >= 4 is 11.9 Å². The Morgan fingerprint density at radius 2 is 1.22 bits per heavy atom. The molecule has 17 nitrogen and oxygen atoms in total. The highest BCUT2D eigenvalue weighted by Gasteiger charge is 2.55. The summed E-state index contributed by atoms with van der Waals surface area (Å²) in [6, 6.07) is 25.5. The van der Waals surface area contributed by atoms with Gasteiger partial charge in [-0.3, -0.25) is 4.79 Å². The molecular formula is C37H42N6O11. The topological polar surface area (TPSA) is 215 Å². The molecule has 0 N–H and O–H groups in total. The molecule has 0 amide bonds. The largest absolute Gasteiger partial charge is 0.467 e. The number of carbonyl (C=O) groups is 2. The molecule has 5 rings (SSSR count). The van der Waals surface area contributed by atoms with Crippen LogP contribution < -0.4 is 0 Å². The number of rotatable bonds is 17. The van der Waals surface area contributed by atoms with Crippen molar-refractivity contribution in [1.82, 2.24) is 0 Å². The fourth-order valence-electron chi connectivity index (χ4n) is 6.24. The molecule has 286 valence electrons. The van der Waals surface area contributed by atoms with Gasteiger partial charge in [-0.1, -0.05) is 101 Å².